The Balaban J connectivity index is 0.000000337. The van der Waals surface area contributed by atoms with Crippen molar-refractivity contribution in [2.24, 2.45) is 17.6 Å². The molecule has 11 nitrogen and oxygen atoms in total. The van der Waals surface area contributed by atoms with Gasteiger partial charge < -0.3 is 30.9 Å². The highest BCUT2D eigenvalue weighted by Crippen LogP contribution is 2.32. The zero-order chi connectivity index (χ0) is 27.1. The fraction of sp³-hybridized carbons (Fsp3) is 0.417. The fourth-order valence-electron chi connectivity index (χ4n) is 3.08. The maximum Gasteiger partial charge on any atom is 0.328 e. The highest BCUT2D eigenvalue weighted by Gasteiger charge is 2.24. The minimum Gasteiger partial charge on any atom is -0.493 e. The van der Waals surface area contributed by atoms with Gasteiger partial charge in [0.2, 0.25) is 0 Å². The molecule has 2 fully saturated rings. The normalized spacial score (nSPS) is 17.1. The Morgan fingerprint density at radius 1 is 0.917 bits per heavy atom. The van der Waals surface area contributed by atoms with Gasteiger partial charge in [-0.3, -0.25) is 4.90 Å². The Morgan fingerprint density at radius 2 is 1.44 bits per heavy atom. The van der Waals surface area contributed by atoms with Gasteiger partial charge in [0.25, 0.3) is 0 Å². The van der Waals surface area contributed by atoms with E-state index in [-0.39, 0.29) is 0 Å². The zero-order valence-corrected chi connectivity index (χ0v) is 20.3. The molecule has 36 heavy (non-hydrogen) atoms. The summed E-state index contributed by atoms with van der Waals surface area (Å²) in [7, 11) is 0. The van der Waals surface area contributed by atoms with Crippen molar-refractivity contribution in [1.29, 1.82) is 0 Å². The van der Waals surface area contributed by atoms with Gasteiger partial charge in [0, 0.05) is 48.0 Å². The molecule has 1 aliphatic heterocycles. The van der Waals surface area contributed by atoms with Crippen LogP contribution in [0.25, 0.3) is 0 Å². The Bertz CT molecular complexity index is 895. The summed E-state index contributed by atoms with van der Waals surface area (Å²) in [4.78, 5) is 40.7. The third-order valence-electron chi connectivity index (χ3n) is 5.03. The summed E-state index contributed by atoms with van der Waals surface area (Å²) >= 11 is 6.14. The molecule has 0 aromatic heterocycles. The molecule has 1 atom stereocenters. The minimum atomic E-state index is -1.26. The fourth-order valence-corrected chi connectivity index (χ4v) is 3.27. The van der Waals surface area contributed by atoms with Crippen molar-refractivity contribution in [3.05, 3.63) is 53.1 Å². The number of nitrogens with zero attached hydrogens (tertiary/aromatic N) is 1. The summed E-state index contributed by atoms with van der Waals surface area (Å²) in [6.45, 7) is 4.76. The molecule has 12 heteroatoms. The molecule has 1 aliphatic carbocycles. The molecular weight excluding hydrogens is 496 g/mol. The van der Waals surface area contributed by atoms with Crippen LogP contribution in [0.2, 0.25) is 5.02 Å². The summed E-state index contributed by atoms with van der Waals surface area (Å²) in [6.07, 6.45) is 6.06. The molecule has 1 saturated heterocycles. The quantitative estimate of drug-likeness (QED) is 0.281. The van der Waals surface area contributed by atoms with E-state index in [1.807, 2.05) is 18.2 Å². The predicted octanol–water partition coefficient (Wildman–Crippen LogP) is 2.33. The number of nitrogens with two attached hydrogens (primary N) is 1. The largest absolute Gasteiger partial charge is 0.493 e. The molecule has 3 rings (SSSR count). The first-order valence-electron chi connectivity index (χ1n) is 11.1. The molecule has 0 radical (unpaired) electrons. The Hall–Kier alpha value is -3.41. The average Bonchev–Trinajstić information content (AvgIpc) is 3.53. The van der Waals surface area contributed by atoms with Crippen molar-refractivity contribution in [1.82, 2.24) is 4.90 Å². The van der Waals surface area contributed by atoms with Gasteiger partial charge in [-0.15, -0.1) is 0 Å². The van der Waals surface area contributed by atoms with Gasteiger partial charge in [-0.25, -0.2) is 19.2 Å². The molecule has 1 aromatic carbocycles. The first-order chi connectivity index (χ1) is 17.0. The molecule has 0 spiro atoms. The van der Waals surface area contributed by atoms with E-state index in [1.54, 1.807) is 0 Å². The summed E-state index contributed by atoms with van der Waals surface area (Å²) in [6, 6.07) is 5.97. The minimum absolute atomic E-state index is 0.558. The van der Waals surface area contributed by atoms with Gasteiger partial charge in [-0.1, -0.05) is 11.6 Å². The van der Waals surface area contributed by atoms with Gasteiger partial charge in [0.05, 0.1) is 6.61 Å². The molecule has 0 amide bonds. The number of aliphatic carboxylic acids is 4. The number of benzene rings is 1. The molecule has 6 N–H and O–H groups in total. The van der Waals surface area contributed by atoms with E-state index in [0.717, 1.165) is 49.5 Å². The lowest BCUT2D eigenvalue weighted by Crippen LogP contribution is -2.23. The van der Waals surface area contributed by atoms with Crippen LogP contribution in [0.15, 0.2) is 42.5 Å². The molecule has 0 bridgehead atoms. The second-order valence-corrected chi connectivity index (χ2v) is 8.59. The first-order valence-corrected chi connectivity index (χ1v) is 11.5. The Labute approximate surface area is 213 Å². The summed E-state index contributed by atoms with van der Waals surface area (Å²) in [5, 5.41) is 32.0. The Kier molecular flexibility index (Phi) is 13.9. The van der Waals surface area contributed by atoms with Crippen molar-refractivity contribution in [3.8, 4) is 5.75 Å². The highest BCUT2D eigenvalue weighted by atomic mass is 35.5. The highest BCUT2D eigenvalue weighted by molar-refractivity contribution is 6.30. The molecule has 1 aromatic rings. The van der Waals surface area contributed by atoms with E-state index in [0.29, 0.717) is 30.2 Å². The molecular formula is C24H31ClN2O9. The third kappa shape index (κ3) is 14.8. The molecule has 0 unspecified atom stereocenters. The van der Waals surface area contributed by atoms with Crippen molar-refractivity contribution in [2.75, 3.05) is 26.2 Å². The molecule has 198 valence electrons. The van der Waals surface area contributed by atoms with E-state index in [1.165, 1.54) is 24.8 Å². The van der Waals surface area contributed by atoms with Crippen LogP contribution in [-0.4, -0.2) is 75.4 Å². The second kappa shape index (κ2) is 16.3. The number of rotatable bonds is 10. The average molecular weight is 527 g/mol. The van der Waals surface area contributed by atoms with Crippen molar-refractivity contribution in [2.45, 2.75) is 25.8 Å². The van der Waals surface area contributed by atoms with E-state index < -0.39 is 23.9 Å². The van der Waals surface area contributed by atoms with Gasteiger partial charge >= 0.3 is 23.9 Å². The van der Waals surface area contributed by atoms with Crippen LogP contribution in [0, 0.1) is 11.8 Å². The number of carboxylic acids is 4. The van der Waals surface area contributed by atoms with Gasteiger partial charge in [0.15, 0.2) is 0 Å². The van der Waals surface area contributed by atoms with Crippen LogP contribution in [-0.2, 0) is 25.7 Å². The van der Waals surface area contributed by atoms with Crippen molar-refractivity contribution < 1.29 is 44.3 Å². The van der Waals surface area contributed by atoms with E-state index >= 15 is 0 Å². The van der Waals surface area contributed by atoms with E-state index in [9.17, 15) is 19.2 Å². The maximum atomic E-state index is 9.55. The number of hydrogen-bond donors (Lipinski definition) is 5. The summed E-state index contributed by atoms with van der Waals surface area (Å²) in [5.74, 6) is -2.62. The van der Waals surface area contributed by atoms with Crippen LogP contribution in [0.4, 0.5) is 0 Å². The molecule has 2 aliphatic rings. The van der Waals surface area contributed by atoms with E-state index in [2.05, 4.69) is 4.90 Å². The van der Waals surface area contributed by atoms with Crippen molar-refractivity contribution in [3.63, 3.8) is 0 Å². The van der Waals surface area contributed by atoms with Crippen LogP contribution in [0.5, 0.6) is 5.75 Å². The van der Waals surface area contributed by atoms with Crippen LogP contribution in [0.3, 0.4) is 0 Å². The predicted molar refractivity (Wildman–Crippen MR) is 131 cm³/mol. The van der Waals surface area contributed by atoms with Gasteiger partial charge in [0.1, 0.15) is 5.75 Å². The lowest BCUT2D eigenvalue weighted by molar-refractivity contribution is -0.134. The monoisotopic (exact) mass is 526 g/mol. The standard InChI is InChI=1S/C16H23ClN2O.2C4H4O4/c17-15-3-4-16(20-11-12-1-2-12)14(7-15)10-19-6-5-13(8-18)9-19;2*5-3(6)1-2-4(7)8/h3-4,7,12-13H,1-2,5-6,8-11,18H2;2*1-2H,(H,5,6)(H,7,8)/b;2*2-1+/t13-;;/m0../s1. The molecule has 1 heterocycles. The number of halogens is 1. The Morgan fingerprint density at radius 3 is 1.86 bits per heavy atom. The number of likely N-dealkylation sites (tertiary alicyclic amines) is 1. The number of hydrogen-bond acceptors (Lipinski definition) is 7. The smallest absolute Gasteiger partial charge is 0.328 e. The third-order valence-corrected chi connectivity index (χ3v) is 5.26. The molecule has 1 saturated carbocycles. The number of ether oxygens (including phenoxy) is 1. The number of carboxylic acid groups (broad SMARTS) is 4. The van der Waals surface area contributed by atoms with Crippen LogP contribution in [0.1, 0.15) is 24.8 Å². The van der Waals surface area contributed by atoms with Gasteiger partial charge in [-0.2, -0.15) is 0 Å². The number of carbonyl (C=O) groups is 4. The van der Waals surface area contributed by atoms with Crippen LogP contribution >= 0.6 is 11.6 Å². The second-order valence-electron chi connectivity index (χ2n) is 8.15. The SMILES string of the molecule is NC[C@@H]1CCN(Cc2cc(Cl)ccc2OCC2CC2)C1.O=C(O)/C=C/C(=O)O.O=C(O)/C=C/C(=O)O. The van der Waals surface area contributed by atoms with E-state index in [4.69, 9.17) is 42.5 Å². The topological polar surface area (TPSA) is 188 Å². The lowest BCUT2D eigenvalue weighted by Gasteiger charge is -2.19. The zero-order valence-electron chi connectivity index (χ0n) is 19.6. The summed E-state index contributed by atoms with van der Waals surface area (Å²) in [5.41, 5.74) is 6.96. The summed E-state index contributed by atoms with van der Waals surface area (Å²) < 4.78 is 5.97. The van der Waals surface area contributed by atoms with Crippen LogP contribution < -0.4 is 10.5 Å². The van der Waals surface area contributed by atoms with Gasteiger partial charge in [-0.05, 0) is 62.4 Å². The lowest BCUT2D eigenvalue weighted by atomic mass is 10.1. The maximum absolute atomic E-state index is 9.55. The first kappa shape index (κ1) is 30.6. The van der Waals surface area contributed by atoms with Crippen molar-refractivity contribution >= 4 is 35.5 Å².